The summed E-state index contributed by atoms with van der Waals surface area (Å²) < 4.78 is 12.0. The number of hydrogen-bond donors (Lipinski definition) is 1. The van der Waals surface area contributed by atoms with Crippen molar-refractivity contribution in [1.82, 2.24) is 9.97 Å². The van der Waals surface area contributed by atoms with Crippen molar-refractivity contribution >= 4 is 33.3 Å². The molecule has 0 aliphatic heterocycles. The second-order valence-electron chi connectivity index (χ2n) is 6.13. The average molecular weight is 443 g/mol. The highest BCUT2D eigenvalue weighted by atomic mass is 79.9. The maximum atomic E-state index is 6.45. The van der Waals surface area contributed by atoms with Gasteiger partial charge in [-0.2, -0.15) is 0 Å². The number of rotatable bonds is 9. The molecule has 2 rings (SSSR count). The Morgan fingerprint density at radius 1 is 1.23 bits per heavy atom. The van der Waals surface area contributed by atoms with Crippen LogP contribution in [0.15, 0.2) is 22.8 Å². The van der Waals surface area contributed by atoms with Gasteiger partial charge in [0.15, 0.2) is 5.82 Å². The number of unbranched alkanes of at least 4 members (excludes halogenated alkanes) is 2. The molecule has 0 bridgehead atoms. The first-order valence-corrected chi connectivity index (χ1v) is 9.98. The summed E-state index contributed by atoms with van der Waals surface area (Å²) in [4.78, 5) is 9.15. The largest absolute Gasteiger partial charge is 0.491 e. The molecule has 0 unspecified atom stereocenters. The summed E-state index contributed by atoms with van der Waals surface area (Å²) in [5.74, 6) is 1.79. The minimum Gasteiger partial charge on any atom is -0.491 e. The molecule has 142 valence electrons. The van der Waals surface area contributed by atoms with Gasteiger partial charge in [0, 0.05) is 12.6 Å². The van der Waals surface area contributed by atoms with Crippen molar-refractivity contribution in [3.63, 3.8) is 0 Å². The molecule has 1 N–H and O–H groups in total. The molecule has 0 saturated heterocycles. The molecular formula is C19H25BrClN3O2. The second kappa shape index (κ2) is 9.97. The first-order chi connectivity index (χ1) is 12.5. The van der Waals surface area contributed by atoms with Crippen LogP contribution >= 0.6 is 27.5 Å². The van der Waals surface area contributed by atoms with Gasteiger partial charge in [0.1, 0.15) is 16.0 Å². The summed E-state index contributed by atoms with van der Waals surface area (Å²) in [7, 11) is 1.79. The highest BCUT2D eigenvalue weighted by Crippen LogP contribution is 2.36. The van der Waals surface area contributed by atoms with Crippen molar-refractivity contribution < 1.29 is 9.47 Å². The quantitative estimate of drug-likeness (QED) is 0.486. The zero-order valence-electron chi connectivity index (χ0n) is 15.6. The number of hydrogen-bond acceptors (Lipinski definition) is 5. The summed E-state index contributed by atoms with van der Waals surface area (Å²) in [6.07, 6.45) is 3.35. The Morgan fingerprint density at radius 2 is 2.00 bits per heavy atom. The Balaban J connectivity index is 2.29. The van der Waals surface area contributed by atoms with Crippen molar-refractivity contribution in [2.75, 3.05) is 19.0 Å². The highest BCUT2D eigenvalue weighted by molar-refractivity contribution is 9.10. The van der Waals surface area contributed by atoms with Crippen LogP contribution in [0.4, 0.5) is 5.82 Å². The Kier molecular flexibility index (Phi) is 7.97. The normalized spacial score (nSPS) is 10.9. The SMILES string of the molecule is CCCCCOc1nc(Br)c(-c2ccc(OC(C)C)cc2Cl)nc1NC. The lowest BCUT2D eigenvalue weighted by Crippen LogP contribution is -2.07. The molecule has 2 aromatic rings. The topological polar surface area (TPSA) is 56.3 Å². The van der Waals surface area contributed by atoms with E-state index < -0.39 is 0 Å². The molecule has 0 fully saturated rings. The van der Waals surface area contributed by atoms with E-state index in [9.17, 15) is 0 Å². The smallest absolute Gasteiger partial charge is 0.258 e. The minimum atomic E-state index is 0.0866. The molecule has 7 heteroatoms. The Morgan fingerprint density at radius 3 is 2.62 bits per heavy atom. The third kappa shape index (κ3) is 5.48. The van der Waals surface area contributed by atoms with Crippen molar-refractivity contribution in [2.24, 2.45) is 0 Å². The first-order valence-electron chi connectivity index (χ1n) is 8.80. The summed E-state index contributed by atoms with van der Waals surface area (Å²) >= 11 is 9.94. The Bertz CT molecular complexity index is 741. The van der Waals surface area contributed by atoms with Crippen LogP contribution in [-0.2, 0) is 0 Å². The fourth-order valence-electron chi connectivity index (χ4n) is 2.39. The summed E-state index contributed by atoms with van der Waals surface area (Å²) in [6, 6.07) is 5.55. The van der Waals surface area contributed by atoms with Gasteiger partial charge in [-0.15, -0.1) is 0 Å². The molecule has 0 aliphatic carbocycles. The molecule has 0 amide bonds. The average Bonchev–Trinajstić information content (AvgIpc) is 2.59. The number of ether oxygens (including phenoxy) is 2. The van der Waals surface area contributed by atoms with Gasteiger partial charge in [-0.25, -0.2) is 9.97 Å². The van der Waals surface area contributed by atoms with Crippen LogP contribution < -0.4 is 14.8 Å². The molecule has 0 atom stereocenters. The molecule has 1 heterocycles. The van der Waals surface area contributed by atoms with Crippen LogP contribution in [0.1, 0.15) is 40.0 Å². The number of nitrogens with zero attached hydrogens (tertiary/aromatic N) is 2. The van der Waals surface area contributed by atoms with Crippen LogP contribution in [0.25, 0.3) is 11.3 Å². The number of aromatic nitrogens is 2. The fourth-order valence-corrected chi connectivity index (χ4v) is 3.11. The monoisotopic (exact) mass is 441 g/mol. The molecule has 0 saturated carbocycles. The maximum absolute atomic E-state index is 6.45. The van der Waals surface area contributed by atoms with E-state index in [1.807, 2.05) is 26.0 Å². The lowest BCUT2D eigenvalue weighted by Gasteiger charge is -2.14. The maximum Gasteiger partial charge on any atom is 0.258 e. The number of nitrogens with one attached hydrogen (secondary N) is 1. The molecule has 1 aromatic heterocycles. The lowest BCUT2D eigenvalue weighted by molar-refractivity contribution is 0.242. The van der Waals surface area contributed by atoms with Gasteiger partial charge in [0.05, 0.1) is 17.7 Å². The first kappa shape index (κ1) is 20.8. The number of benzene rings is 1. The van der Waals surface area contributed by atoms with E-state index >= 15 is 0 Å². The van der Waals surface area contributed by atoms with Crippen LogP contribution in [0.3, 0.4) is 0 Å². The molecule has 0 spiro atoms. The van der Waals surface area contributed by atoms with Gasteiger partial charge in [-0.3, -0.25) is 0 Å². The van der Waals surface area contributed by atoms with E-state index in [1.54, 1.807) is 13.1 Å². The van der Waals surface area contributed by atoms with Crippen LogP contribution in [0, 0.1) is 0 Å². The van der Waals surface area contributed by atoms with E-state index in [4.69, 9.17) is 21.1 Å². The molecule has 26 heavy (non-hydrogen) atoms. The lowest BCUT2D eigenvalue weighted by atomic mass is 10.1. The molecule has 0 aliphatic rings. The number of anilines is 1. The minimum absolute atomic E-state index is 0.0866. The molecule has 1 aromatic carbocycles. The van der Waals surface area contributed by atoms with Crippen molar-refractivity contribution in [2.45, 2.75) is 46.1 Å². The molecule has 0 radical (unpaired) electrons. The van der Waals surface area contributed by atoms with Gasteiger partial charge in [0.2, 0.25) is 0 Å². The third-order valence-corrected chi connectivity index (χ3v) is 4.48. The van der Waals surface area contributed by atoms with E-state index in [0.717, 1.165) is 30.6 Å². The third-order valence-electron chi connectivity index (χ3n) is 3.61. The second-order valence-corrected chi connectivity index (χ2v) is 7.29. The van der Waals surface area contributed by atoms with E-state index in [1.165, 1.54) is 0 Å². The Hall–Kier alpha value is -1.53. The van der Waals surface area contributed by atoms with Gasteiger partial charge < -0.3 is 14.8 Å². The molecule has 5 nitrogen and oxygen atoms in total. The standard InChI is InChI=1S/C19H25BrClN3O2/c1-5-6-7-10-25-19-18(22-4)23-16(17(20)24-19)14-9-8-13(11-15(14)21)26-12(2)3/h8-9,11-12H,5-7,10H2,1-4H3,(H,22,23). The van der Waals surface area contributed by atoms with Crippen molar-refractivity contribution in [3.05, 3.63) is 27.8 Å². The summed E-state index contributed by atoms with van der Waals surface area (Å²) in [5, 5.41) is 3.60. The van der Waals surface area contributed by atoms with Gasteiger partial charge in [-0.1, -0.05) is 31.4 Å². The van der Waals surface area contributed by atoms with Gasteiger partial charge in [-0.05, 0) is 54.4 Å². The summed E-state index contributed by atoms with van der Waals surface area (Å²) in [6.45, 7) is 6.72. The Labute approximate surface area is 168 Å². The van der Waals surface area contributed by atoms with E-state index in [-0.39, 0.29) is 6.10 Å². The predicted molar refractivity (Wildman–Crippen MR) is 111 cm³/mol. The van der Waals surface area contributed by atoms with Gasteiger partial charge in [0.25, 0.3) is 5.88 Å². The van der Waals surface area contributed by atoms with E-state index in [2.05, 4.69) is 38.1 Å². The fraction of sp³-hybridized carbons (Fsp3) is 0.474. The van der Waals surface area contributed by atoms with Crippen molar-refractivity contribution in [3.8, 4) is 22.9 Å². The van der Waals surface area contributed by atoms with Crippen LogP contribution in [-0.4, -0.2) is 29.7 Å². The predicted octanol–water partition coefficient (Wildman–Crippen LogP) is 5.96. The van der Waals surface area contributed by atoms with Crippen molar-refractivity contribution in [1.29, 1.82) is 0 Å². The molecular weight excluding hydrogens is 418 g/mol. The van der Waals surface area contributed by atoms with Gasteiger partial charge >= 0.3 is 0 Å². The van der Waals surface area contributed by atoms with Crippen LogP contribution in [0.5, 0.6) is 11.6 Å². The highest BCUT2D eigenvalue weighted by Gasteiger charge is 2.17. The van der Waals surface area contributed by atoms with E-state index in [0.29, 0.717) is 33.6 Å². The zero-order valence-corrected chi connectivity index (χ0v) is 17.9. The van der Waals surface area contributed by atoms with Crippen LogP contribution in [0.2, 0.25) is 5.02 Å². The summed E-state index contributed by atoms with van der Waals surface area (Å²) in [5.41, 5.74) is 1.42. The number of halogens is 2. The zero-order chi connectivity index (χ0) is 19.1.